The summed E-state index contributed by atoms with van der Waals surface area (Å²) >= 11 is 3.43. The van der Waals surface area contributed by atoms with Crippen LogP contribution in [0.1, 0.15) is 11.1 Å². The van der Waals surface area contributed by atoms with Gasteiger partial charge in [-0.3, -0.25) is 4.79 Å². The first-order chi connectivity index (χ1) is 9.75. The summed E-state index contributed by atoms with van der Waals surface area (Å²) < 4.78 is 0.962. The van der Waals surface area contributed by atoms with E-state index in [4.69, 9.17) is 0 Å². The second kappa shape index (κ2) is 7.46. The molecule has 0 spiro atoms. The maximum absolute atomic E-state index is 11.7. The van der Waals surface area contributed by atoms with E-state index in [-0.39, 0.29) is 5.91 Å². The van der Waals surface area contributed by atoms with Crippen molar-refractivity contribution >= 4 is 34.0 Å². The van der Waals surface area contributed by atoms with E-state index in [1.807, 2.05) is 60.7 Å². The molecule has 0 saturated heterocycles. The van der Waals surface area contributed by atoms with Gasteiger partial charge in [-0.2, -0.15) is 0 Å². The molecule has 0 aromatic heterocycles. The molecule has 1 amide bonds. The van der Waals surface area contributed by atoms with Gasteiger partial charge in [0, 0.05) is 16.7 Å². The van der Waals surface area contributed by atoms with Crippen molar-refractivity contribution in [2.75, 3.05) is 0 Å². The van der Waals surface area contributed by atoms with Crippen LogP contribution in [0.4, 0.5) is 0 Å². The van der Waals surface area contributed by atoms with Crippen LogP contribution in [0.25, 0.3) is 12.2 Å². The van der Waals surface area contributed by atoms with Crippen molar-refractivity contribution in [3.05, 3.63) is 82.5 Å². The van der Waals surface area contributed by atoms with Crippen LogP contribution < -0.4 is 5.32 Å². The highest BCUT2D eigenvalue weighted by Gasteiger charge is 1.95. The van der Waals surface area contributed by atoms with Crippen LogP contribution in [0, 0.1) is 0 Å². The molecule has 3 heteroatoms. The Bertz CT molecular complexity index is 632. The Hall–Kier alpha value is -2.13. The van der Waals surface area contributed by atoms with E-state index in [2.05, 4.69) is 21.2 Å². The molecule has 0 heterocycles. The van der Waals surface area contributed by atoms with E-state index < -0.39 is 0 Å². The Balaban J connectivity index is 1.90. The Labute approximate surface area is 127 Å². The topological polar surface area (TPSA) is 29.1 Å². The minimum Gasteiger partial charge on any atom is -0.329 e. The average Bonchev–Trinajstić information content (AvgIpc) is 2.47. The van der Waals surface area contributed by atoms with Gasteiger partial charge in [0.25, 0.3) is 0 Å². The van der Waals surface area contributed by atoms with Gasteiger partial charge in [-0.25, -0.2) is 0 Å². The molecule has 2 rings (SSSR count). The molecule has 0 aliphatic carbocycles. The molecular weight excluding hydrogens is 314 g/mol. The van der Waals surface area contributed by atoms with Gasteiger partial charge in [0.2, 0.25) is 5.91 Å². The summed E-state index contributed by atoms with van der Waals surface area (Å²) in [6.07, 6.45) is 6.78. The number of rotatable bonds is 4. The van der Waals surface area contributed by atoms with Crippen molar-refractivity contribution in [2.24, 2.45) is 0 Å². The lowest BCUT2D eigenvalue weighted by Crippen LogP contribution is -2.13. The van der Waals surface area contributed by atoms with Crippen LogP contribution in [0.15, 0.2) is 71.3 Å². The highest BCUT2D eigenvalue weighted by Crippen LogP contribution is 2.16. The van der Waals surface area contributed by atoms with E-state index in [0.29, 0.717) is 0 Å². The molecular formula is C17H14BrNO. The first-order valence-electron chi connectivity index (χ1n) is 6.20. The Morgan fingerprint density at radius 2 is 1.65 bits per heavy atom. The predicted octanol–water partition coefficient (Wildman–Crippen LogP) is 4.25. The number of benzene rings is 2. The number of hydrogen-bond acceptors (Lipinski definition) is 1. The summed E-state index contributed by atoms with van der Waals surface area (Å²) in [5, 5.41) is 2.70. The fourth-order valence-electron chi connectivity index (χ4n) is 1.61. The highest BCUT2D eigenvalue weighted by molar-refractivity contribution is 9.10. The first-order valence-corrected chi connectivity index (χ1v) is 7.00. The summed E-state index contributed by atoms with van der Waals surface area (Å²) in [7, 11) is 0. The van der Waals surface area contributed by atoms with E-state index in [1.165, 1.54) is 6.08 Å². The van der Waals surface area contributed by atoms with E-state index in [1.54, 1.807) is 12.3 Å². The molecule has 0 saturated carbocycles. The van der Waals surface area contributed by atoms with Gasteiger partial charge in [-0.1, -0.05) is 64.5 Å². The molecule has 1 N–H and O–H groups in total. The zero-order valence-corrected chi connectivity index (χ0v) is 12.4. The Morgan fingerprint density at radius 3 is 2.40 bits per heavy atom. The molecule has 0 fully saturated rings. The van der Waals surface area contributed by atoms with Crippen molar-refractivity contribution in [3.8, 4) is 0 Å². The smallest absolute Gasteiger partial charge is 0.247 e. The molecule has 2 aromatic carbocycles. The molecule has 2 aromatic rings. The van der Waals surface area contributed by atoms with Gasteiger partial charge in [0.15, 0.2) is 0 Å². The standard InChI is InChI=1S/C17H14BrNO/c18-16-9-5-4-8-15(16)10-11-17(20)19-13-12-14-6-2-1-3-7-14/h1-13H,(H,19,20). The van der Waals surface area contributed by atoms with E-state index in [0.717, 1.165) is 15.6 Å². The lowest BCUT2D eigenvalue weighted by atomic mass is 10.2. The van der Waals surface area contributed by atoms with Crippen molar-refractivity contribution < 1.29 is 4.79 Å². The molecule has 0 atom stereocenters. The average molecular weight is 328 g/mol. The normalized spacial score (nSPS) is 11.1. The molecule has 2 nitrogen and oxygen atoms in total. The second-order valence-corrected chi connectivity index (χ2v) is 4.96. The summed E-state index contributed by atoms with van der Waals surface area (Å²) in [5.41, 5.74) is 2.01. The van der Waals surface area contributed by atoms with Crippen molar-refractivity contribution in [1.82, 2.24) is 5.32 Å². The Kier molecular flexibility index (Phi) is 5.33. The first kappa shape index (κ1) is 14.3. The lowest BCUT2D eigenvalue weighted by Gasteiger charge is -1.97. The summed E-state index contributed by atoms with van der Waals surface area (Å²) in [6, 6.07) is 17.5. The monoisotopic (exact) mass is 327 g/mol. The summed E-state index contributed by atoms with van der Waals surface area (Å²) in [4.78, 5) is 11.7. The van der Waals surface area contributed by atoms with E-state index in [9.17, 15) is 4.79 Å². The number of nitrogens with one attached hydrogen (secondary N) is 1. The lowest BCUT2D eigenvalue weighted by molar-refractivity contribution is -0.115. The molecule has 0 aliphatic rings. The summed E-state index contributed by atoms with van der Waals surface area (Å²) in [5.74, 6) is -0.159. The maximum atomic E-state index is 11.7. The minimum atomic E-state index is -0.159. The van der Waals surface area contributed by atoms with Crippen LogP contribution in [0.3, 0.4) is 0 Å². The van der Waals surface area contributed by atoms with Crippen LogP contribution in [-0.4, -0.2) is 5.91 Å². The number of hydrogen-bond donors (Lipinski definition) is 1. The molecule has 0 unspecified atom stereocenters. The van der Waals surface area contributed by atoms with Crippen molar-refractivity contribution in [1.29, 1.82) is 0 Å². The second-order valence-electron chi connectivity index (χ2n) is 4.11. The third-order valence-electron chi connectivity index (χ3n) is 2.62. The predicted molar refractivity (Wildman–Crippen MR) is 86.8 cm³/mol. The largest absolute Gasteiger partial charge is 0.329 e. The van der Waals surface area contributed by atoms with Crippen molar-refractivity contribution in [3.63, 3.8) is 0 Å². The number of carbonyl (C=O) groups is 1. The van der Waals surface area contributed by atoms with Crippen LogP contribution in [-0.2, 0) is 4.79 Å². The SMILES string of the molecule is O=C(C=Cc1ccccc1Br)NC=Cc1ccccc1. The minimum absolute atomic E-state index is 0.159. The zero-order chi connectivity index (χ0) is 14.2. The van der Waals surface area contributed by atoms with Gasteiger partial charge >= 0.3 is 0 Å². The third kappa shape index (κ3) is 4.52. The molecule has 0 radical (unpaired) electrons. The van der Waals surface area contributed by atoms with Crippen LogP contribution >= 0.6 is 15.9 Å². The Morgan fingerprint density at radius 1 is 0.950 bits per heavy atom. The van der Waals surface area contributed by atoms with E-state index >= 15 is 0 Å². The quantitative estimate of drug-likeness (QED) is 0.835. The van der Waals surface area contributed by atoms with Gasteiger partial charge in [-0.15, -0.1) is 0 Å². The van der Waals surface area contributed by atoms with Gasteiger partial charge in [0.1, 0.15) is 0 Å². The zero-order valence-electron chi connectivity index (χ0n) is 10.8. The fourth-order valence-corrected chi connectivity index (χ4v) is 2.02. The van der Waals surface area contributed by atoms with Crippen LogP contribution in [0.2, 0.25) is 0 Å². The molecule has 20 heavy (non-hydrogen) atoms. The number of carbonyl (C=O) groups excluding carboxylic acids is 1. The molecule has 100 valence electrons. The van der Waals surface area contributed by atoms with Gasteiger partial charge < -0.3 is 5.32 Å². The van der Waals surface area contributed by atoms with Crippen LogP contribution in [0.5, 0.6) is 0 Å². The third-order valence-corrected chi connectivity index (χ3v) is 3.34. The highest BCUT2D eigenvalue weighted by atomic mass is 79.9. The number of halogens is 1. The number of amides is 1. The fraction of sp³-hybridized carbons (Fsp3) is 0. The molecule has 0 bridgehead atoms. The van der Waals surface area contributed by atoms with Crippen molar-refractivity contribution in [2.45, 2.75) is 0 Å². The summed E-state index contributed by atoms with van der Waals surface area (Å²) in [6.45, 7) is 0. The van der Waals surface area contributed by atoms with Gasteiger partial charge in [0.05, 0.1) is 0 Å². The maximum Gasteiger partial charge on any atom is 0.247 e. The van der Waals surface area contributed by atoms with Gasteiger partial charge in [-0.05, 0) is 29.3 Å². The molecule has 0 aliphatic heterocycles.